The number of aromatic nitrogens is 1. The van der Waals surface area contributed by atoms with Crippen LogP contribution >= 0.6 is 0 Å². The molecule has 1 rings (SSSR count). The van der Waals surface area contributed by atoms with Crippen LogP contribution in [0.1, 0.15) is 23.7 Å². The fraction of sp³-hybridized carbons (Fsp3) is 0.400. The van der Waals surface area contributed by atoms with E-state index in [1.807, 2.05) is 0 Å². The van der Waals surface area contributed by atoms with Gasteiger partial charge in [-0.2, -0.15) is 13.2 Å². The van der Waals surface area contributed by atoms with Gasteiger partial charge in [-0.3, -0.25) is 4.79 Å². The van der Waals surface area contributed by atoms with E-state index >= 15 is 0 Å². The van der Waals surface area contributed by atoms with Gasteiger partial charge < -0.3 is 10.7 Å². The average molecular weight is 262 g/mol. The van der Waals surface area contributed by atoms with Crippen LogP contribution in [0, 0.1) is 0 Å². The average Bonchev–Trinajstić information content (AvgIpc) is 2.26. The lowest BCUT2D eigenvalue weighted by molar-refractivity contribution is -0.138. The third-order valence-corrected chi connectivity index (χ3v) is 2.09. The first-order valence-electron chi connectivity index (χ1n) is 5.12. The number of amides is 1. The minimum absolute atomic E-state index is 0.169. The van der Waals surface area contributed by atoms with Crippen LogP contribution < -0.4 is 16.6 Å². The van der Waals surface area contributed by atoms with Crippen LogP contribution in [-0.4, -0.2) is 23.1 Å². The second-order valence-corrected chi connectivity index (χ2v) is 3.77. The van der Waals surface area contributed by atoms with Crippen LogP contribution in [0.15, 0.2) is 18.3 Å². The van der Waals surface area contributed by atoms with Gasteiger partial charge in [-0.1, -0.05) is 0 Å². The number of nitrogens with zero attached hydrogens (tertiary/aromatic N) is 1. The largest absolute Gasteiger partial charge is 0.391 e. The molecule has 18 heavy (non-hydrogen) atoms. The number of hydrogen-bond acceptors (Lipinski definition) is 4. The number of nitrogens with one attached hydrogen (secondary N) is 2. The van der Waals surface area contributed by atoms with Crippen molar-refractivity contribution in [2.24, 2.45) is 5.84 Å². The molecule has 5 nitrogen and oxygen atoms in total. The standard InChI is InChI=1S/C10H13F3N4O/c1-6(4-10(11,12)13)16-9(18)7-2-3-8(17-14)15-5-7/h2-3,5-6H,4,14H2,1H3,(H,15,17)(H,16,18). The zero-order valence-corrected chi connectivity index (χ0v) is 9.58. The van der Waals surface area contributed by atoms with Gasteiger partial charge in [0.05, 0.1) is 12.0 Å². The SMILES string of the molecule is CC(CC(F)(F)F)NC(=O)c1ccc(NN)nc1. The summed E-state index contributed by atoms with van der Waals surface area (Å²) in [4.78, 5) is 15.4. The lowest BCUT2D eigenvalue weighted by atomic mass is 10.2. The number of carbonyl (C=O) groups excluding carboxylic acids is 1. The van der Waals surface area contributed by atoms with E-state index in [2.05, 4.69) is 15.7 Å². The third kappa shape index (κ3) is 4.58. The Bertz CT molecular complexity index is 405. The van der Waals surface area contributed by atoms with Gasteiger partial charge in [0.25, 0.3) is 5.91 Å². The van der Waals surface area contributed by atoms with Gasteiger partial charge in [0.2, 0.25) is 0 Å². The van der Waals surface area contributed by atoms with E-state index in [0.29, 0.717) is 5.82 Å². The lowest BCUT2D eigenvalue weighted by Gasteiger charge is -2.15. The maximum absolute atomic E-state index is 12.1. The zero-order valence-electron chi connectivity index (χ0n) is 9.58. The van der Waals surface area contributed by atoms with Crippen molar-refractivity contribution >= 4 is 11.7 Å². The molecule has 1 unspecified atom stereocenters. The Hall–Kier alpha value is -1.83. The number of pyridine rings is 1. The van der Waals surface area contributed by atoms with Crippen LogP contribution in [-0.2, 0) is 0 Å². The van der Waals surface area contributed by atoms with Gasteiger partial charge in [0.1, 0.15) is 5.82 Å². The summed E-state index contributed by atoms with van der Waals surface area (Å²) in [5, 5.41) is 2.24. The van der Waals surface area contributed by atoms with Crippen LogP contribution in [0.4, 0.5) is 19.0 Å². The Balaban J connectivity index is 2.59. The van der Waals surface area contributed by atoms with Crippen LogP contribution in [0.5, 0.6) is 0 Å². The predicted octanol–water partition coefficient (Wildman–Crippen LogP) is 1.44. The second-order valence-electron chi connectivity index (χ2n) is 3.77. The van der Waals surface area contributed by atoms with Gasteiger partial charge >= 0.3 is 6.18 Å². The molecule has 100 valence electrons. The smallest absolute Gasteiger partial charge is 0.349 e. The summed E-state index contributed by atoms with van der Waals surface area (Å²) >= 11 is 0. The van der Waals surface area contributed by atoms with Crippen molar-refractivity contribution in [3.05, 3.63) is 23.9 Å². The molecule has 0 spiro atoms. The van der Waals surface area contributed by atoms with E-state index in [1.165, 1.54) is 25.3 Å². The van der Waals surface area contributed by atoms with Gasteiger partial charge in [0, 0.05) is 12.2 Å². The summed E-state index contributed by atoms with van der Waals surface area (Å²) in [6.45, 7) is 1.29. The molecule has 8 heteroatoms. The summed E-state index contributed by atoms with van der Waals surface area (Å²) in [7, 11) is 0. The number of nitrogen functional groups attached to an aromatic ring is 1. The predicted molar refractivity (Wildman–Crippen MR) is 59.6 cm³/mol. The molecular formula is C10H13F3N4O. The van der Waals surface area contributed by atoms with E-state index in [-0.39, 0.29) is 5.56 Å². The van der Waals surface area contributed by atoms with Crippen molar-refractivity contribution in [2.75, 3.05) is 5.43 Å². The first kappa shape index (κ1) is 14.2. The normalized spacial score (nSPS) is 12.9. The molecule has 0 aliphatic heterocycles. The van der Waals surface area contributed by atoms with Gasteiger partial charge in [-0.05, 0) is 19.1 Å². The minimum Gasteiger partial charge on any atom is -0.349 e. The Morgan fingerprint density at radius 3 is 2.61 bits per heavy atom. The number of hydrazine groups is 1. The Kier molecular flexibility index (Phi) is 4.49. The molecule has 1 heterocycles. The van der Waals surface area contributed by atoms with Crippen LogP contribution in [0.25, 0.3) is 0 Å². The third-order valence-electron chi connectivity index (χ3n) is 2.09. The number of rotatable bonds is 4. The number of nitrogens with two attached hydrogens (primary N) is 1. The highest BCUT2D eigenvalue weighted by atomic mass is 19.4. The monoisotopic (exact) mass is 262 g/mol. The quantitative estimate of drug-likeness (QED) is 0.566. The molecule has 0 aromatic carbocycles. The van der Waals surface area contributed by atoms with E-state index in [0.717, 1.165) is 0 Å². The zero-order chi connectivity index (χ0) is 13.8. The van der Waals surface area contributed by atoms with E-state index in [1.54, 1.807) is 0 Å². The highest BCUT2D eigenvalue weighted by molar-refractivity contribution is 5.94. The summed E-state index contributed by atoms with van der Waals surface area (Å²) in [5.74, 6) is 4.84. The molecule has 1 atom stereocenters. The minimum atomic E-state index is -4.31. The topological polar surface area (TPSA) is 80.0 Å². The fourth-order valence-electron chi connectivity index (χ4n) is 1.32. The molecule has 0 aliphatic rings. The number of carbonyl (C=O) groups is 1. The summed E-state index contributed by atoms with van der Waals surface area (Å²) in [6, 6.07) is 1.87. The van der Waals surface area contributed by atoms with Crippen molar-refractivity contribution in [1.82, 2.24) is 10.3 Å². The molecule has 1 aromatic rings. The second kappa shape index (κ2) is 5.67. The molecule has 0 saturated heterocycles. The Morgan fingerprint density at radius 2 is 2.17 bits per heavy atom. The molecule has 4 N–H and O–H groups in total. The molecule has 0 saturated carbocycles. The molecule has 1 amide bonds. The number of alkyl halides is 3. The van der Waals surface area contributed by atoms with Crippen LogP contribution in [0.3, 0.4) is 0 Å². The number of anilines is 1. The van der Waals surface area contributed by atoms with Gasteiger partial charge in [-0.15, -0.1) is 0 Å². The lowest BCUT2D eigenvalue weighted by Crippen LogP contribution is -2.36. The molecule has 0 aliphatic carbocycles. The molecule has 0 radical (unpaired) electrons. The number of halogens is 3. The maximum atomic E-state index is 12.1. The molecule has 0 fully saturated rings. The fourth-order valence-corrected chi connectivity index (χ4v) is 1.32. The van der Waals surface area contributed by atoms with Crippen molar-refractivity contribution in [3.8, 4) is 0 Å². The maximum Gasteiger partial charge on any atom is 0.391 e. The van der Waals surface area contributed by atoms with E-state index in [4.69, 9.17) is 5.84 Å². The summed E-state index contributed by atoms with van der Waals surface area (Å²) < 4.78 is 36.2. The van der Waals surface area contributed by atoms with Gasteiger partial charge in [0.15, 0.2) is 0 Å². The van der Waals surface area contributed by atoms with Gasteiger partial charge in [-0.25, -0.2) is 10.8 Å². The molecular weight excluding hydrogens is 249 g/mol. The molecule has 0 bridgehead atoms. The van der Waals surface area contributed by atoms with Crippen molar-refractivity contribution in [1.29, 1.82) is 0 Å². The van der Waals surface area contributed by atoms with Crippen molar-refractivity contribution < 1.29 is 18.0 Å². The Morgan fingerprint density at radius 1 is 1.50 bits per heavy atom. The highest BCUT2D eigenvalue weighted by Crippen LogP contribution is 2.21. The van der Waals surface area contributed by atoms with Crippen LogP contribution in [0.2, 0.25) is 0 Å². The summed E-state index contributed by atoms with van der Waals surface area (Å²) in [6.07, 6.45) is -4.16. The summed E-state index contributed by atoms with van der Waals surface area (Å²) in [5.41, 5.74) is 2.44. The molecule has 1 aromatic heterocycles. The van der Waals surface area contributed by atoms with Crippen molar-refractivity contribution in [3.63, 3.8) is 0 Å². The van der Waals surface area contributed by atoms with E-state index < -0.39 is 24.5 Å². The van der Waals surface area contributed by atoms with E-state index in [9.17, 15) is 18.0 Å². The highest BCUT2D eigenvalue weighted by Gasteiger charge is 2.30. The Labute approximate surface area is 102 Å². The first-order valence-corrected chi connectivity index (χ1v) is 5.12. The van der Waals surface area contributed by atoms with Crippen molar-refractivity contribution in [2.45, 2.75) is 25.6 Å². The number of hydrogen-bond donors (Lipinski definition) is 3. The first-order chi connectivity index (χ1) is 8.31.